The Morgan fingerprint density at radius 3 is 2.87 bits per heavy atom. The van der Waals surface area contributed by atoms with Gasteiger partial charge in [-0.3, -0.25) is 4.79 Å². The van der Waals surface area contributed by atoms with E-state index in [0.29, 0.717) is 37.5 Å². The lowest BCUT2D eigenvalue weighted by Crippen LogP contribution is -2.25. The fraction of sp³-hybridized carbons (Fsp3) is 0.278. The van der Waals surface area contributed by atoms with Gasteiger partial charge in [-0.15, -0.1) is 0 Å². The minimum absolute atomic E-state index is 0.0958. The van der Waals surface area contributed by atoms with Crippen LogP contribution in [0.5, 0.6) is 11.5 Å². The van der Waals surface area contributed by atoms with E-state index in [2.05, 4.69) is 5.32 Å². The maximum absolute atomic E-state index is 12.8. The molecule has 2 aromatic rings. The van der Waals surface area contributed by atoms with Gasteiger partial charge >= 0.3 is 0 Å². The summed E-state index contributed by atoms with van der Waals surface area (Å²) in [7, 11) is 0. The molecular formula is C18H18FNO3. The van der Waals surface area contributed by atoms with Crippen LogP contribution in [0.4, 0.5) is 4.39 Å². The number of carbonyl (C=O) groups excluding carboxylic acids is 1. The number of benzene rings is 2. The number of ether oxygens (including phenoxy) is 2. The van der Waals surface area contributed by atoms with Crippen molar-refractivity contribution in [1.29, 1.82) is 0 Å². The molecule has 0 radical (unpaired) electrons. The summed E-state index contributed by atoms with van der Waals surface area (Å²) in [5.74, 6) is 1.11. The predicted octanol–water partition coefficient (Wildman–Crippen LogP) is 2.96. The molecule has 23 heavy (non-hydrogen) atoms. The van der Waals surface area contributed by atoms with Gasteiger partial charge in [0, 0.05) is 18.5 Å². The van der Waals surface area contributed by atoms with Crippen molar-refractivity contribution in [1.82, 2.24) is 5.32 Å². The van der Waals surface area contributed by atoms with Crippen LogP contribution in [0, 0.1) is 5.82 Å². The molecule has 1 aliphatic rings. The fourth-order valence-electron chi connectivity index (χ4n) is 2.42. The van der Waals surface area contributed by atoms with E-state index in [4.69, 9.17) is 9.47 Å². The van der Waals surface area contributed by atoms with Crippen molar-refractivity contribution in [3.63, 3.8) is 0 Å². The van der Waals surface area contributed by atoms with E-state index in [1.54, 1.807) is 18.2 Å². The summed E-state index contributed by atoms with van der Waals surface area (Å²) in [6, 6.07) is 11.4. The number of carbonyl (C=O) groups is 1. The van der Waals surface area contributed by atoms with Gasteiger partial charge in [0.2, 0.25) is 0 Å². The Bertz CT molecular complexity index is 685. The van der Waals surface area contributed by atoms with Crippen molar-refractivity contribution in [3.05, 3.63) is 59.4 Å². The smallest absolute Gasteiger partial charge is 0.251 e. The monoisotopic (exact) mass is 315 g/mol. The summed E-state index contributed by atoms with van der Waals surface area (Å²) >= 11 is 0. The fourth-order valence-corrected chi connectivity index (χ4v) is 2.42. The molecule has 120 valence electrons. The highest BCUT2D eigenvalue weighted by molar-refractivity contribution is 5.94. The largest absolute Gasteiger partial charge is 0.494 e. The van der Waals surface area contributed by atoms with Crippen LogP contribution in [0.15, 0.2) is 42.5 Å². The summed E-state index contributed by atoms with van der Waals surface area (Å²) in [6.07, 6.45) is 1.53. The molecule has 0 aliphatic carbocycles. The second-order valence-electron chi connectivity index (χ2n) is 5.33. The molecule has 0 bridgehead atoms. The van der Waals surface area contributed by atoms with Gasteiger partial charge in [0.25, 0.3) is 5.91 Å². The van der Waals surface area contributed by atoms with Gasteiger partial charge in [0.1, 0.15) is 17.3 Å². The van der Waals surface area contributed by atoms with Crippen LogP contribution in [-0.2, 0) is 6.42 Å². The SMILES string of the molecule is O=C(NCCCOc1ccc(F)cc1)c1ccc2c(c1)CCO2. The van der Waals surface area contributed by atoms with Gasteiger partial charge < -0.3 is 14.8 Å². The van der Waals surface area contributed by atoms with Crippen LogP contribution < -0.4 is 14.8 Å². The molecule has 0 saturated carbocycles. The molecule has 1 heterocycles. The molecule has 0 spiro atoms. The van der Waals surface area contributed by atoms with E-state index in [0.717, 1.165) is 17.7 Å². The number of hydrogen-bond donors (Lipinski definition) is 1. The van der Waals surface area contributed by atoms with Crippen molar-refractivity contribution in [2.75, 3.05) is 19.8 Å². The third-order valence-corrected chi connectivity index (χ3v) is 3.64. The zero-order valence-electron chi connectivity index (χ0n) is 12.7. The lowest BCUT2D eigenvalue weighted by molar-refractivity contribution is 0.0951. The third-order valence-electron chi connectivity index (χ3n) is 3.64. The molecule has 5 heteroatoms. The number of rotatable bonds is 6. The first-order valence-corrected chi connectivity index (χ1v) is 7.65. The van der Waals surface area contributed by atoms with E-state index < -0.39 is 0 Å². The van der Waals surface area contributed by atoms with Crippen LogP contribution in [0.25, 0.3) is 0 Å². The lowest BCUT2D eigenvalue weighted by atomic mass is 10.1. The van der Waals surface area contributed by atoms with Crippen LogP contribution in [0.1, 0.15) is 22.3 Å². The maximum Gasteiger partial charge on any atom is 0.251 e. The standard InChI is InChI=1S/C18H18FNO3/c19-15-3-5-16(6-4-15)22-10-1-9-20-18(21)14-2-7-17-13(12-14)8-11-23-17/h2-7,12H,1,8-11H2,(H,20,21). The zero-order chi connectivity index (χ0) is 16.1. The molecule has 2 aromatic carbocycles. The maximum atomic E-state index is 12.8. The van der Waals surface area contributed by atoms with Crippen LogP contribution in [0.3, 0.4) is 0 Å². The highest BCUT2D eigenvalue weighted by atomic mass is 19.1. The Balaban J connectivity index is 1.40. The molecule has 0 atom stereocenters. The van der Waals surface area contributed by atoms with Crippen molar-refractivity contribution in [2.45, 2.75) is 12.8 Å². The normalized spacial score (nSPS) is 12.4. The number of fused-ring (bicyclic) bond motifs is 1. The summed E-state index contributed by atoms with van der Waals surface area (Å²) < 4.78 is 23.7. The number of hydrogen-bond acceptors (Lipinski definition) is 3. The molecule has 1 N–H and O–H groups in total. The molecular weight excluding hydrogens is 297 g/mol. The van der Waals surface area contributed by atoms with Crippen LogP contribution in [0.2, 0.25) is 0 Å². The summed E-state index contributed by atoms with van der Waals surface area (Å²) in [5, 5.41) is 2.87. The molecule has 4 nitrogen and oxygen atoms in total. The second kappa shape index (κ2) is 7.13. The third kappa shape index (κ3) is 4.00. The second-order valence-corrected chi connectivity index (χ2v) is 5.33. The van der Waals surface area contributed by atoms with Crippen molar-refractivity contribution < 1.29 is 18.7 Å². The van der Waals surface area contributed by atoms with E-state index >= 15 is 0 Å². The Morgan fingerprint density at radius 2 is 2.04 bits per heavy atom. The molecule has 3 rings (SSSR count). The highest BCUT2D eigenvalue weighted by Gasteiger charge is 2.14. The van der Waals surface area contributed by atoms with Crippen molar-refractivity contribution in [2.24, 2.45) is 0 Å². The van der Waals surface area contributed by atoms with Crippen LogP contribution in [-0.4, -0.2) is 25.7 Å². The van der Waals surface area contributed by atoms with Gasteiger partial charge in [-0.05, 0) is 54.4 Å². The Labute approximate surface area is 134 Å². The van der Waals surface area contributed by atoms with Gasteiger partial charge in [0.05, 0.1) is 13.2 Å². The van der Waals surface area contributed by atoms with Gasteiger partial charge in [-0.1, -0.05) is 0 Å². The minimum Gasteiger partial charge on any atom is -0.494 e. The molecule has 0 saturated heterocycles. The lowest BCUT2D eigenvalue weighted by Gasteiger charge is -2.08. The average Bonchev–Trinajstić information content (AvgIpc) is 3.03. The Kier molecular flexibility index (Phi) is 4.76. The molecule has 1 amide bonds. The number of amides is 1. The summed E-state index contributed by atoms with van der Waals surface area (Å²) in [6.45, 7) is 1.67. The van der Waals surface area contributed by atoms with E-state index in [1.807, 2.05) is 12.1 Å². The molecule has 1 aliphatic heterocycles. The zero-order valence-corrected chi connectivity index (χ0v) is 12.7. The number of nitrogens with one attached hydrogen (secondary N) is 1. The highest BCUT2D eigenvalue weighted by Crippen LogP contribution is 2.25. The van der Waals surface area contributed by atoms with E-state index in [-0.39, 0.29) is 11.7 Å². The Morgan fingerprint density at radius 1 is 1.22 bits per heavy atom. The first kappa shape index (κ1) is 15.3. The van der Waals surface area contributed by atoms with Gasteiger partial charge in [0.15, 0.2) is 0 Å². The van der Waals surface area contributed by atoms with E-state index in [9.17, 15) is 9.18 Å². The Hall–Kier alpha value is -2.56. The number of halogens is 1. The summed E-state index contributed by atoms with van der Waals surface area (Å²) in [4.78, 5) is 12.1. The average molecular weight is 315 g/mol. The first-order chi connectivity index (χ1) is 11.2. The predicted molar refractivity (Wildman–Crippen MR) is 84.5 cm³/mol. The van der Waals surface area contributed by atoms with Crippen LogP contribution >= 0.6 is 0 Å². The quantitative estimate of drug-likeness (QED) is 0.834. The van der Waals surface area contributed by atoms with Crippen molar-refractivity contribution in [3.8, 4) is 11.5 Å². The van der Waals surface area contributed by atoms with Gasteiger partial charge in [-0.25, -0.2) is 4.39 Å². The molecule has 0 aromatic heterocycles. The van der Waals surface area contributed by atoms with Crippen molar-refractivity contribution >= 4 is 5.91 Å². The molecule has 0 unspecified atom stereocenters. The van der Waals surface area contributed by atoms with Gasteiger partial charge in [-0.2, -0.15) is 0 Å². The molecule has 0 fully saturated rings. The minimum atomic E-state index is -0.288. The summed E-state index contributed by atoms with van der Waals surface area (Å²) in [5.41, 5.74) is 1.73. The topological polar surface area (TPSA) is 47.6 Å². The van der Waals surface area contributed by atoms with E-state index in [1.165, 1.54) is 12.1 Å². The first-order valence-electron chi connectivity index (χ1n) is 7.65.